The smallest absolute Gasteiger partial charge is 0.219 e. The second kappa shape index (κ2) is 11.1. The first-order chi connectivity index (χ1) is 16.3. The molecule has 178 valence electrons. The summed E-state index contributed by atoms with van der Waals surface area (Å²) in [6, 6.07) is 10.1. The first-order valence-corrected chi connectivity index (χ1v) is 11.3. The number of nitroso groups, excluding NO2 is 1. The molecule has 0 aliphatic carbocycles. The van der Waals surface area contributed by atoms with E-state index in [9.17, 15) is 19.3 Å². The molecule has 3 rings (SSSR count). The van der Waals surface area contributed by atoms with Crippen LogP contribution >= 0.6 is 11.8 Å². The molecule has 0 saturated carbocycles. The van der Waals surface area contributed by atoms with Gasteiger partial charge in [-0.1, -0.05) is 23.4 Å². The Bertz CT molecular complexity index is 1240. The van der Waals surface area contributed by atoms with Crippen molar-refractivity contribution < 1.29 is 23.9 Å². The second-order valence-corrected chi connectivity index (χ2v) is 8.88. The number of hydrogen-bond donors (Lipinski definition) is 2. The molecule has 0 saturated heterocycles. The topological polar surface area (TPSA) is 97.2 Å². The van der Waals surface area contributed by atoms with Crippen LogP contribution in [-0.2, 0) is 0 Å². The number of carbonyl (C=O) groups excluding carboxylic acids is 1. The number of thioether (sulfide) groups is 1. The first kappa shape index (κ1) is 25.2. The highest BCUT2D eigenvalue weighted by Gasteiger charge is 2.27. The third kappa shape index (κ3) is 5.21. The highest BCUT2D eigenvalue weighted by molar-refractivity contribution is 8.14. The lowest BCUT2D eigenvalue weighted by Crippen LogP contribution is -2.05. The summed E-state index contributed by atoms with van der Waals surface area (Å²) in [4.78, 5) is 24.7. The van der Waals surface area contributed by atoms with E-state index in [4.69, 9.17) is 9.47 Å². The van der Waals surface area contributed by atoms with Gasteiger partial charge >= 0.3 is 0 Å². The van der Waals surface area contributed by atoms with Gasteiger partial charge in [-0.3, -0.25) is 15.5 Å². The number of hydrogen-bond acceptors (Lipinski definition) is 8. The Labute approximate surface area is 200 Å². The number of allylic oxidation sites excluding steroid dienone is 2. The summed E-state index contributed by atoms with van der Waals surface area (Å²) in [5.41, 5.74) is 4.56. The normalized spacial score (nSPS) is 11.6. The molecule has 0 aliphatic heterocycles. The number of methoxy groups -OCH3 is 2. The summed E-state index contributed by atoms with van der Waals surface area (Å²) in [6.45, 7) is 3.91. The van der Waals surface area contributed by atoms with Crippen LogP contribution in [0.2, 0.25) is 0 Å². The summed E-state index contributed by atoms with van der Waals surface area (Å²) in [5.74, 6) is 0.282. The minimum atomic E-state index is -0.425. The summed E-state index contributed by atoms with van der Waals surface area (Å²) in [7, 11) is 2.93. The number of rotatable bonds is 9. The molecule has 3 aromatic carbocycles. The van der Waals surface area contributed by atoms with E-state index in [-0.39, 0.29) is 10.8 Å². The number of fused-ring (bicyclic) bond motifs is 1. The molecular weight excluding hydrogens is 459 g/mol. The fraction of sp³-hybridized carbons (Fsp3) is 0.240. The molecule has 9 heteroatoms. The predicted molar refractivity (Wildman–Crippen MR) is 133 cm³/mol. The molecular formula is C25H25FN2O5S. The minimum Gasteiger partial charge on any atom is -0.496 e. The Morgan fingerprint density at radius 3 is 2.41 bits per heavy atom. The van der Waals surface area contributed by atoms with Gasteiger partial charge in [0, 0.05) is 16.4 Å². The van der Waals surface area contributed by atoms with Crippen molar-refractivity contribution in [2.24, 2.45) is 5.18 Å². The van der Waals surface area contributed by atoms with Gasteiger partial charge in [0.1, 0.15) is 23.0 Å². The molecule has 1 unspecified atom stereocenters. The van der Waals surface area contributed by atoms with Gasteiger partial charge in [0.15, 0.2) is 0 Å². The number of halogens is 1. The van der Waals surface area contributed by atoms with E-state index in [1.165, 1.54) is 50.6 Å². The summed E-state index contributed by atoms with van der Waals surface area (Å²) < 4.78 is 24.7. The highest BCUT2D eigenvalue weighted by atomic mass is 32.2. The van der Waals surface area contributed by atoms with Crippen LogP contribution in [-0.4, -0.2) is 24.5 Å². The highest BCUT2D eigenvalue weighted by Crippen LogP contribution is 2.50. The standard InChI is InChI=1S/C25H25FN2O5S/c1-14(2)5-12-21(34-25(29)15-6-8-16(26)9-7-15)17-13-20(32-3)22-18(27-30)10-11-19(28-31)23(22)24(17)33-4/h5-11,13,21,27,30H,12H2,1-4H3. The number of nitrogens with zero attached hydrogens (tertiary/aromatic N) is 1. The Morgan fingerprint density at radius 2 is 1.85 bits per heavy atom. The van der Waals surface area contributed by atoms with Crippen LogP contribution in [0.3, 0.4) is 0 Å². The molecule has 0 fully saturated rings. The molecule has 0 bridgehead atoms. The Balaban J connectivity index is 2.24. The molecule has 2 N–H and O–H groups in total. The van der Waals surface area contributed by atoms with Crippen molar-refractivity contribution >= 4 is 39.0 Å². The molecule has 0 amide bonds. The lowest BCUT2D eigenvalue weighted by molar-refractivity contribution is 0.108. The van der Waals surface area contributed by atoms with E-state index >= 15 is 0 Å². The number of nitrogens with one attached hydrogen (secondary N) is 1. The molecule has 0 aromatic heterocycles. The Kier molecular flexibility index (Phi) is 8.25. The van der Waals surface area contributed by atoms with E-state index in [1.807, 2.05) is 19.9 Å². The van der Waals surface area contributed by atoms with Gasteiger partial charge in [0.2, 0.25) is 5.12 Å². The molecule has 0 spiro atoms. The van der Waals surface area contributed by atoms with Crippen LogP contribution in [0, 0.1) is 10.7 Å². The number of anilines is 1. The van der Waals surface area contributed by atoms with Crippen molar-refractivity contribution in [2.45, 2.75) is 25.5 Å². The van der Waals surface area contributed by atoms with Crippen molar-refractivity contribution in [3.8, 4) is 11.5 Å². The summed E-state index contributed by atoms with van der Waals surface area (Å²) in [6.07, 6.45) is 2.48. The molecule has 34 heavy (non-hydrogen) atoms. The van der Waals surface area contributed by atoms with Crippen molar-refractivity contribution in [3.05, 3.63) is 76.0 Å². The summed E-state index contributed by atoms with van der Waals surface area (Å²) in [5, 5.41) is 12.9. The molecule has 0 aliphatic rings. The van der Waals surface area contributed by atoms with Crippen LogP contribution in [0.15, 0.2) is 59.3 Å². The predicted octanol–water partition coefficient (Wildman–Crippen LogP) is 7.17. The zero-order chi connectivity index (χ0) is 24.8. The SMILES string of the molecule is COc1cc(C(CC=C(C)C)SC(=O)c2ccc(F)cc2)c(OC)c2c(N=O)ccc(NO)c12. The van der Waals surface area contributed by atoms with E-state index < -0.39 is 11.1 Å². The Morgan fingerprint density at radius 1 is 1.15 bits per heavy atom. The van der Waals surface area contributed by atoms with Gasteiger partial charge in [0.25, 0.3) is 0 Å². The van der Waals surface area contributed by atoms with Crippen molar-refractivity contribution in [1.29, 1.82) is 0 Å². The average molecular weight is 485 g/mol. The van der Waals surface area contributed by atoms with E-state index in [2.05, 4.69) is 10.7 Å². The maximum Gasteiger partial charge on any atom is 0.219 e. The third-order valence-corrected chi connectivity index (χ3v) is 6.45. The van der Waals surface area contributed by atoms with E-state index in [0.29, 0.717) is 45.5 Å². The van der Waals surface area contributed by atoms with E-state index in [0.717, 1.165) is 17.3 Å². The average Bonchev–Trinajstić information content (AvgIpc) is 2.84. The lowest BCUT2D eigenvalue weighted by atomic mass is 9.97. The number of carbonyl (C=O) groups is 1. The molecule has 0 radical (unpaired) electrons. The summed E-state index contributed by atoms with van der Waals surface area (Å²) >= 11 is 1.06. The van der Waals surface area contributed by atoms with Gasteiger partial charge in [-0.25, -0.2) is 4.39 Å². The van der Waals surface area contributed by atoms with Gasteiger partial charge in [-0.2, -0.15) is 0 Å². The number of ether oxygens (including phenoxy) is 2. The van der Waals surface area contributed by atoms with Gasteiger partial charge in [0.05, 0.1) is 30.7 Å². The molecule has 3 aromatic rings. The van der Waals surface area contributed by atoms with Gasteiger partial charge < -0.3 is 9.47 Å². The maximum absolute atomic E-state index is 13.3. The fourth-order valence-electron chi connectivity index (χ4n) is 3.65. The van der Waals surface area contributed by atoms with Crippen LogP contribution in [0.5, 0.6) is 11.5 Å². The first-order valence-electron chi connectivity index (χ1n) is 10.4. The van der Waals surface area contributed by atoms with Crippen LogP contribution in [0.25, 0.3) is 10.8 Å². The van der Waals surface area contributed by atoms with Crippen LogP contribution in [0.1, 0.15) is 41.4 Å². The van der Waals surface area contributed by atoms with Crippen LogP contribution in [0.4, 0.5) is 15.8 Å². The van der Waals surface area contributed by atoms with Crippen molar-refractivity contribution in [2.75, 3.05) is 19.7 Å². The molecule has 0 heterocycles. The van der Waals surface area contributed by atoms with Gasteiger partial charge in [-0.05, 0) is 67.9 Å². The molecule has 7 nitrogen and oxygen atoms in total. The largest absolute Gasteiger partial charge is 0.496 e. The second-order valence-electron chi connectivity index (χ2n) is 7.70. The molecule has 1 atom stereocenters. The number of benzene rings is 3. The quantitative estimate of drug-likeness (QED) is 0.189. The van der Waals surface area contributed by atoms with E-state index in [1.54, 1.807) is 6.07 Å². The van der Waals surface area contributed by atoms with Crippen molar-refractivity contribution in [3.63, 3.8) is 0 Å². The van der Waals surface area contributed by atoms with Crippen LogP contribution < -0.4 is 15.0 Å². The minimum absolute atomic E-state index is 0.0989. The zero-order valence-corrected chi connectivity index (χ0v) is 20.0. The van der Waals surface area contributed by atoms with Gasteiger partial charge in [-0.15, -0.1) is 4.91 Å². The van der Waals surface area contributed by atoms with Crippen molar-refractivity contribution in [1.82, 2.24) is 0 Å². The zero-order valence-electron chi connectivity index (χ0n) is 19.2. The monoisotopic (exact) mass is 484 g/mol. The maximum atomic E-state index is 13.3. The fourth-order valence-corrected chi connectivity index (χ4v) is 4.68. The Hall–Kier alpha value is -3.43. The lowest BCUT2D eigenvalue weighted by Gasteiger charge is -2.22. The third-order valence-electron chi connectivity index (χ3n) is 5.26.